The lowest BCUT2D eigenvalue weighted by atomic mass is 10.3. The van der Waals surface area contributed by atoms with Crippen LogP contribution in [0.5, 0.6) is 17.2 Å². The number of urea groups is 1. The van der Waals surface area contributed by atoms with Crippen LogP contribution in [0.2, 0.25) is 0 Å². The number of amides is 3. The zero-order valence-corrected chi connectivity index (χ0v) is 13.9. The van der Waals surface area contributed by atoms with Crippen LogP contribution in [0, 0.1) is 0 Å². The van der Waals surface area contributed by atoms with Gasteiger partial charge in [0.15, 0.2) is 6.61 Å². The minimum absolute atomic E-state index is 0.249. The van der Waals surface area contributed by atoms with Gasteiger partial charge in [0.25, 0.3) is 5.91 Å². The topological polar surface area (TPSA) is 97.9 Å². The fourth-order valence-corrected chi connectivity index (χ4v) is 1.88. The molecule has 8 nitrogen and oxygen atoms in total. The van der Waals surface area contributed by atoms with Crippen molar-refractivity contribution in [2.75, 3.05) is 26.1 Å². The summed E-state index contributed by atoms with van der Waals surface area (Å²) in [6.45, 7) is -0.249. The molecule has 25 heavy (non-hydrogen) atoms. The normalized spacial score (nSPS) is 9.68. The van der Waals surface area contributed by atoms with Crippen molar-refractivity contribution in [2.45, 2.75) is 0 Å². The highest BCUT2D eigenvalue weighted by Gasteiger charge is 2.08. The fraction of sp³-hybridized carbons (Fsp3) is 0.176. The van der Waals surface area contributed by atoms with Gasteiger partial charge in [0.05, 0.1) is 19.9 Å². The number of rotatable bonds is 6. The molecule has 3 N–H and O–H groups in total. The van der Waals surface area contributed by atoms with E-state index in [1.165, 1.54) is 7.11 Å². The Hall–Kier alpha value is -3.42. The van der Waals surface area contributed by atoms with Crippen LogP contribution in [0.4, 0.5) is 10.5 Å². The second-order valence-corrected chi connectivity index (χ2v) is 4.79. The zero-order chi connectivity index (χ0) is 18.1. The number of anilines is 1. The Morgan fingerprint density at radius 3 is 2.24 bits per heavy atom. The summed E-state index contributed by atoms with van der Waals surface area (Å²) in [4.78, 5) is 23.5. The Kier molecular flexibility index (Phi) is 6.47. The molecule has 0 bridgehead atoms. The first-order chi connectivity index (χ1) is 12.1. The summed E-state index contributed by atoms with van der Waals surface area (Å²) in [6.07, 6.45) is 0. The highest BCUT2D eigenvalue weighted by Crippen LogP contribution is 2.22. The Morgan fingerprint density at radius 1 is 0.880 bits per heavy atom. The van der Waals surface area contributed by atoms with Crippen molar-refractivity contribution in [3.8, 4) is 17.2 Å². The van der Waals surface area contributed by atoms with Gasteiger partial charge in [-0.15, -0.1) is 0 Å². The monoisotopic (exact) mass is 345 g/mol. The lowest BCUT2D eigenvalue weighted by molar-refractivity contribution is -0.123. The molecular formula is C17H19N3O5. The number of hydrazine groups is 1. The molecule has 2 aromatic carbocycles. The highest BCUT2D eigenvalue weighted by atomic mass is 16.5. The number of hydrogen-bond donors (Lipinski definition) is 3. The van der Waals surface area contributed by atoms with Crippen LogP contribution in [0.15, 0.2) is 48.5 Å². The van der Waals surface area contributed by atoms with Crippen LogP contribution >= 0.6 is 0 Å². The second kappa shape index (κ2) is 9.02. The smallest absolute Gasteiger partial charge is 0.338 e. The molecule has 0 atom stereocenters. The Bertz CT molecular complexity index is 718. The SMILES string of the molecule is COc1ccc(OCC(=O)NNC(=O)Nc2ccccc2OC)cc1. The molecule has 8 heteroatoms. The summed E-state index contributed by atoms with van der Waals surface area (Å²) in [5.74, 6) is 1.19. The molecule has 0 unspecified atom stereocenters. The number of para-hydroxylation sites is 2. The third-order valence-corrected chi connectivity index (χ3v) is 3.10. The number of benzene rings is 2. The van der Waals surface area contributed by atoms with Crippen LogP contribution < -0.4 is 30.4 Å². The van der Waals surface area contributed by atoms with Gasteiger partial charge < -0.3 is 19.5 Å². The predicted molar refractivity (Wildman–Crippen MR) is 91.8 cm³/mol. The van der Waals surface area contributed by atoms with Crippen molar-refractivity contribution in [2.24, 2.45) is 0 Å². The van der Waals surface area contributed by atoms with E-state index in [1.54, 1.807) is 55.6 Å². The van der Waals surface area contributed by atoms with E-state index < -0.39 is 11.9 Å². The Labute approximate surface area is 145 Å². The molecule has 132 valence electrons. The first kappa shape index (κ1) is 17.9. The maximum absolute atomic E-state index is 11.8. The number of nitrogens with one attached hydrogen (secondary N) is 3. The van der Waals surface area contributed by atoms with E-state index in [9.17, 15) is 9.59 Å². The van der Waals surface area contributed by atoms with Crippen molar-refractivity contribution < 1.29 is 23.8 Å². The summed E-state index contributed by atoms with van der Waals surface area (Å²) < 4.78 is 15.4. The molecule has 0 aliphatic carbocycles. The Morgan fingerprint density at radius 2 is 1.56 bits per heavy atom. The van der Waals surface area contributed by atoms with E-state index in [0.29, 0.717) is 22.9 Å². The summed E-state index contributed by atoms with van der Waals surface area (Å²) in [5.41, 5.74) is 4.95. The number of carbonyl (C=O) groups is 2. The molecule has 0 saturated carbocycles. The van der Waals surface area contributed by atoms with Crippen molar-refractivity contribution >= 4 is 17.6 Å². The summed E-state index contributed by atoms with van der Waals surface area (Å²) >= 11 is 0. The maximum atomic E-state index is 11.8. The maximum Gasteiger partial charge on any atom is 0.338 e. The summed E-state index contributed by atoms with van der Waals surface area (Å²) in [6, 6.07) is 13.1. The van der Waals surface area contributed by atoms with Crippen molar-refractivity contribution in [3.63, 3.8) is 0 Å². The second-order valence-electron chi connectivity index (χ2n) is 4.79. The molecule has 0 aromatic heterocycles. The van der Waals surface area contributed by atoms with E-state index in [1.807, 2.05) is 0 Å². The first-order valence-electron chi connectivity index (χ1n) is 7.38. The van der Waals surface area contributed by atoms with E-state index in [0.717, 1.165) is 0 Å². The van der Waals surface area contributed by atoms with Crippen LogP contribution in [-0.2, 0) is 4.79 Å². The number of ether oxygens (including phenoxy) is 3. The molecular weight excluding hydrogens is 326 g/mol. The van der Waals surface area contributed by atoms with Crippen molar-refractivity contribution in [1.29, 1.82) is 0 Å². The molecule has 2 aromatic rings. The average Bonchev–Trinajstić information content (AvgIpc) is 2.65. The van der Waals surface area contributed by atoms with E-state index >= 15 is 0 Å². The van der Waals surface area contributed by atoms with Gasteiger partial charge >= 0.3 is 6.03 Å². The first-order valence-corrected chi connectivity index (χ1v) is 7.38. The van der Waals surface area contributed by atoms with E-state index in [-0.39, 0.29) is 6.61 Å². The molecule has 0 spiro atoms. The molecule has 3 amide bonds. The van der Waals surface area contributed by atoms with Crippen molar-refractivity contribution in [3.05, 3.63) is 48.5 Å². The fourth-order valence-electron chi connectivity index (χ4n) is 1.88. The molecule has 2 rings (SSSR count). The van der Waals surface area contributed by atoms with Crippen LogP contribution in [-0.4, -0.2) is 32.8 Å². The van der Waals surface area contributed by atoms with Gasteiger partial charge in [-0.1, -0.05) is 12.1 Å². The Balaban J connectivity index is 1.74. The van der Waals surface area contributed by atoms with Gasteiger partial charge in [-0.25, -0.2) is 10.2 Å². The van der Waals surface area contributed by atoms with E-state index in [4.69, 9.17) is 14.2 Å². The highest BCUT2D eigenvalue weighted by molar-refractivity contribution is 5.92. The quantitative estimate of drug-likeness (QED) is 0.695. The molecule has 0 aliphatic heterocycles. The lowest BCUT2D eigenvalue weighted by Crippen LogP contribution is -2.45. The van der Waals surface area contributed by atoms with Gasteiger partial charge in [-0.3, -0.25) is 10.2 Å². The molecule has 0 heterocycles. The average molecular weight is 345 g/mol. The molecule has 0 fully saturated rings. The summed E-state index contributed by atoms with van der Waals surface area (Å²) in [7, 11) is 3.06. The third-order valence-electron chi connectivity index (χ3n) is 3.10. The van der Waals surface area contributed by atoms with E-state index in [2.05, 4.69) is 16.2 Å². The zero-order valence-electron chi connectivity index (χ0n) is 13.9. The van der Waals surface area contributed by atoms with Gasteiger partial charge in [0.1, 0.15) is 17.2 Å². The number of carbonyl (C=O) groups excluding carboxylic acids is 2. The van der Waals surface area contributed by atoms with Crippen molar-refractivity contribution in [1.82, 2.24) is 10.9 Å². The van der Waals surface area contributed by atoms with Crippen LogP contribution in [0.3, 0.4) is 0 Å². The summed E-state index contributed by atoms with van der Waals surface area (Å²) in [5, 5.41) is 2.56. The van der Waals surface area contributed by atoms with Gasteiger partial charge in [0.2, 0.25) is 0 Å². The lowest BCUT2D eigenvalue weighted by Gasteiger charge is -2.12. The minimum atomic E-state index is -0.609. The number of methoxy groups -OCH3 is 2. The standard InChI is InChI=1S/C17H19N3O5/c1-23-12-7-9-13(10-8-12)25-11-16(21)19-20-17(22)18-14-5-3-4-6-15(14)24-2/h3-10H,11H2,1-2H3,(H,19,21)(H2,18,20,22). The third kappa shape index (κ3) is 5.61. The predicted octanol–water partition coefficient (Wildman–Crippen LogP) is 1.94. The van der Waals surface area contributed by atoms with Gasteiger partial charge in [-0.05, 0) is 36.4 Å². The minimum Gasteiger partial charge on any atom is -0.497 e. The van der Waals surface area contributed by atoms with Crippen LogP contribution in [0.1, 0.15) is 0 Å². The molecule has 0 radical (unpaired) electrons. The molecule has 0 saturated heterocycles. The molecule has 0 aliphatic rings. The number of hydrogen-bond acceptors (Lipinski definition) is 5. The van der Waals surface area contributed by atoms with Crippen LogP contribution in [0.25, 0.3) is 0 Å². The largest absolute Gasteiger partial charge is 0.497 e. The van der Waals surface area contributed by atoms with Gasteiger partial charge in [0, 0.05) is 0 Å². The van der Waals surface area contributed by atoms with Gasteiger partial charge in [-0.2, -0.15) is 0 Å².